The molecule has 0 saturated heterocycles. The van der Waals surface area contributed by atoms with Crippen molar-refractivity contribution in [2.45, 2.75) is 13.1 Å². The van der Waals surface area contributed by atoms with Gasteiger partial charge in [0.2, 0.25) is 0 Å². The summed E-state index contributed by atoms with van der Waals surface area (Å²) < 4.78 is 49.3. The topological polar surface area (TPSA) is 35.5 Å². The molecule has 0 N–H and O–H groups in total. The van der Waals surface area contributed by atoms with E-state index in [1.54, 1.807) is 24.3 Å². The van der Waals surface area contributed by atoms with Crippen LogP contribution in [0.3, 0.4) is 0 Å². The monoisotopic (exact) mass is 324 g/mol. The Balaban J connectivity index is 2.59. The molecule has 0 amide bonds. The van der Waals surface area contributed by atoms with Gasteiger partial charge in [-0.2, -0.15) is 13.2 Å². The molecule has 0 aliphatic carbocycles. The number of carbonyl (C=O) groups is 1. The van der Waals surface area contributed by atoms with Crippen molar-refractivity contribution in [1.82, 2.24) is 0 Å². The van der Waals surface area contributed by atoms with Crippen LogP contribution < -0.4 is 9.47 Å². The summed E-state index contributed by atoms with van der Waals surface area (Å²) in [6, 6.07) is 8.61. The van der Waals surface area contributed by atoms with Crippen molar-refractivity contribution in [3.63, 3.8) is 0 Å². The van der Waals surface area contributed by atoms with Gasteiger partial charge in [0.25, 0.3) is 0 Å². The fourth-order valence-corrected chi connectivity index (χ4v) is 2.18. The maximum absolute atomic E-state index is 13.2. The molecule has 0 fully saturated rings. The highest BCUT2D eigenvalue weighted by atomic mass is 19.4. The highest BCUT2D eigenvalue weighted by Gasteiger charge is 2.37. The molecule has 0 unspecified atom stereocenters. The van der Waals surface area contributed by atoms with E-state index in [0.717, 1.165) is 18.7 Å². The number of rotatable bonds is 4. The Morgan fingerprint density at radius 3 is 2.04 bits per heavy atom. The summed E-state index contributed by atoms with van der Waals surface area (Å²) in [6.07, 6.45) is -4.66. The lowest BCUT2D eigenvalue weighted by atomic mass is 9.99. The van der Waals surface area contributed by atoms with Crippen LogP contribution in [0, 0.1) is 6.92 Å². The Kier molecular flexibility index (Phi) is 4.63. The van der Waals surface area contributed by atoms with E-state index in [1.807, 2.05) is 6.92 Å². The van der Waals surface area contributed by atoms with E-state index in [2.05, 4.69) is 0 Å². The zero-order valence-electron chi connectivity index (χ0n) is 12.8. The van der Waals surface area contributed by atoms with Gasteiger partial charge in [0.15, 0.2) is 17.3 Å². The van der Waals surface area contributed by atoms with E-state index in [4.69, 9.17) is 9.47 Å². The van der Waals surface area contributed by atoms with Crippen molar-refractivity contribution in [3.05, 3.63) is 58.7 Å². The maximum atomic E-state index is 13.2. The molecule has 0 aliphatic heterocycles. The third-order valence-corrected chi connectivity index (χ3v) is 3.36. The molecule has 0 heterocycles. The Labute approximate surface area is 131 Å². The first-order valence-electron chi connectivity index (χ1n) is 6.72. The smallest absolute Gasteiger partial charge is 0.420 e. The fraction of sp³-hybridized carbons (Fsp3) is 0.235. The van der Waals surface area contributed by atoms with E-state index in [-0.39, 0.29) is 11.3 Å². The van der Waals surface area contributed by atoms with E-state index in [9.17, 15) is 18.0 Å². The Hall–Kier alpha value is -2.50. The number of halogens is 3. The highest BCUT2D eigenvalue weighted by Crippen LogP contribution is 2.42. The quantitative estimate of drug-likeness (QED) is 0.788. The minimum Gasteiger partial charge on any atom is -0.493 e. The summed E-state index contributed by atoms with van der Waals surface area (Å²) in [4.78, 5) is 12.4. The van der Waals surface area contributed by atoms with E-state index in [1.165, 1.54) is 13.2 Å². The SMILES string of the molecule is COc1cc(C(=O)c2ccc(C)cc2)cc(C(F)(F)F)c1OC. The van der Waals surface area contributed by atoms with Gasteiger partial charge < -0.3 is 9.47 Å². The third-order valence-electron chi connectivity index (χ3n) is 3.36. The van der Waals surface area contributed by atoms with E-state index < -0.39 is 23.3 Å². The summed E-state index contributed by atoms with van der Waals surface area (Å²) in [5.74, 6) is -1.10. The summed E-state index contributed by atoms with van der Waals surface area (Å²) in [5.41, 5.74) is 0.0921. The molecule has 23 heavy (non-hydrogen) atoms. The number of hydrogen-bond acceptors (Lipinski definition) is 3. The van der Waals surface area contributed by atoms with Crippen LogP contribution in [0.25, 0.3) is 0 Å². The zero-order chi connectivity index (χ0) is 17.2. The molecular weight excluding hydrogens is 309 g/mol. The maximum Gasteiger partial charge on any atom is 0.420 e. The van der Waals surface area contributed by atoms with Crippen molar-refractivity contribution in [2.24, 2.45) is 0 Å². The van der Waals surface area contributed by atoms with E-state index >= 15 is 0 Å². The van der Waals surface area contributed by atoms with Gasteiger partial charge in [-0.25, -0.2) is 0 Å². The van der Waals surface area contributed by atoms with Gasteiger partial charge in [-0.1, -0.05) is 29.8 Å². The third kappa shape index (κ3) is 3.47. The predicted molar refractivity (Wildman–Crippen MR) is 79.2 cm³/mol. The van der Waals surface area contributed by atoms with Crippen LogP contribution in [0.5, 0.6) is 11.5 Å². The Morgan fingerprint density at radius 2 is 1.57 bits per heavy atom. The van der Waals surface area contributed by atoms with Gasteiger partial charge in [0, 0.05) is 11.1 Å². The molecule has 0 atom stereocenters. The summed E-state index contributed by atoms with van der Waals surface area (Å²) in [7, 11) is 2.34. The number of ketones is 1. The number of methoxy groups -OCH3 is 2. The second-order valence-corrected chi connectivity index (χ2v) is 4.95. The largest absolute Gasteiger partial charge is 0.493 e. The van der Waals surface area contributed by atoms with Gasteiger partial charge in [0.05, 0.1) is 14.2 Å². The molecule has 3 nitrogen and oxygen atoms in total. The number of hydrogen-bond donors (Lipinski definition) is 0. The predicted octanol–water partition coefficient (Wildman–Crippen LogP) is 4.26. The summed E-state index contributed by atoms with van der Waals surface area (Å²) >= 11 is 0. The van der Waals surface area contributed by atoms with Crippen LogP contribution in [0.15, 0.2) is 36.4 Å². The second-order valence-electron chi connectivity index (χ2n) is 4.95. The van der Waals surface area contributed by atoms with Gasteiger partial charge in [-0.05, 0) is 19.1 Å². The first-order chi connectivity index (χ1) is 10.8. The second kappa shape index (κ2) is 6.32. The average molecular weight is 324 g/mol. The molecular formula is C17H15F3O3. The van der Waals surface area contributed by atoms with Crippen LogP contribution >= 0.6 is 0 Å². The lowest BCUT2D eigenvalue weighted by Gasteiger charge is -2.16. The van der Waals surface area contributed by atoms with Gasteiger partial charge in [0.1, 0.15) is 5.56 Å². The van der Waals surface area contributed by atoms with E-state index in [0.29, 0.717) is 5.56 Å². The van der Waals surface area contributed by atoms with Crippen molar-refractivity contribution in [2.75, 3.05) is 14.2 Å². The minimum atomic E-state index is -4.66. The molecule has 0 radical (unpaired) electrons. The lowest BCUT2D eigenvalue weighted by molar-refractivity contribution is -0.138. The number of aryl methyl sites for hydroxylation is 1. The number of benzene rings is 2. The molecule has 0 aliphatic rings. The Bertz CT molecular complexity index is 719. The van der Waals surface area contributed by atoms with Crippen LogP contribution in [0.1, 0.15) is 27.0 Å². The van der Waals surface area contributed by atoms with Gasteiger partial charge in [-0.15, -0.1) is 0 Å². The molecule has 0 bridgehead atoms. The van der Waals surface area contributed by atoms with Crippen molar-refractivity contribution in [3.8, 4) is 11.5 Å². The highest BCUT2D eigenvalue weighted by molar-refractivity contribution is 6.09. The molecule has 122 valence electrons. The molecule has 0 spiro atoms. The molecule has 2 rings (SSSR count). The van der Waals surface area contributed by atoms with Crippen LogP contribution in [0.2, 0.25) is 0 Å². The number of alkyl halides is 3. The average Bonchev–Trinajstić information content (AvgIpc) is 2.52. The molecule has 0 saturated carbocycles. The first-order valence-corrected chi connectivity index (χ1v) is 6.72. The van der Waals surface area contributed by atoms with Crippen LogP contribution in [-0.2, 0) is 6.18 Å². The summed E-state index contributed by atoms with van der Waals surface area (Å²) in [5, 5.41) is 0. The molecule has 2 aromatic rings. The molecule has 0 aromatic heterocycles. The van der Waals surface area contributed by atoms with Crippen LogP contribution in [-0.4, -0.2) is 20.0 Å². The Morgan fingerprint density at radius 1 is 0.957 bits per heavy atom. The summed E-state index contributed by atoms with van der Waals surface area (Å²) in [6.45, 7) is 1.85. The fourth-order valence-electron chi connectivity index (χ4n) is 2.18. The van der Waals surface area contributed by atoms with Gasteiger partial charge >= 0.3 is 6.18 Å². The number of carbonyl (C=O) groups excluding carboxylic acids is 1. The minimum absolute atomic E-state index is 0.112. The number of ether oxygens (including phenoxy) is 2. The normalized spacial score (nSPS) is 11.2. The van der Waals surface area contributed by atoms with Crippen molar-refractivity contribution < 1.29 is 27.4 Å². The van der Waals surface area contributed by atoms with Crippen molar-refractivity contribution in [1.29, 1.82) is 0 Å². The standard InChI is InChI=1S/C17H15F3O3/c1-10-4-6-11(7-5-10)15(21)12-8-13(17(18,19)20)16(23-3)14(9-12)22-2/h4-9H,1-3H3. The van der Waals surface area contributed by atoms with Crippen molar-refractivity contribution >= 4 is 5.78 Å². The van der Waals surface area contributed by atoms with Gasteiger partial charge in [-0.3, -0.25) is 4.79 Å². The van der Waals surface area contributed by atoms with Crippen LogP contribution in [0.4, 0.5) is 13.2 Å². The molecule has 6 heteroatoms. The molecule has 2 aromatic carbocycles. The zero-order valence-corrected chi connectivity index (χ0v) is 12.8. The first kappa shape index (κ1) is 16.9. The lowest BCUT2D eigenvalue weighted by Crippen LogP contribution is -2.11.